The number of amides is 2. The molecule has 0 aliphatic carbocycles. The van der Waals surface area contributed by atoms with E-state index in [1.54, 1.807) is 37.5 Å². The molecule has 242 valence electrons. The lowest BCUT2D eigenvalue weighted by molar-refractivity contribution is -0.0453. The van der Waals surface area contributed by atoms with Crippen LogP contribution in [0.5, 0.6) is 0 Å². The summed E-state index contributed by atoms with van der Waals surface area (Å²) in [5.74, 6) is 0.300. The fourth-order valence-corrected chi connectivity index (χ4v) is 5.48. The summed E-state index contributed by atoms with van der Waals surface area (Å²) in [6.07, 6.45) is 1.97. The van der Waals surface area contributed by atoms with E-state index in [1.807, 2.05) is 36.2 Å². The fourth-order valence-electron chi connectivity index (χ4n) is 5.48. The van der Waals surface area contributed by atoms with Gasteiger partial charge in [0.25, 0.3) is 0 Å². The summed E-state index contributed by atoms with van der Waals surface area (Å²) in [5, 5.41) is 12.5. The number of carbonyl (C=O) groups is 2. The number of hydrogen-bond donors (Lipinski definition) is 3. The first kappa shape index (κ1) is 31.0. The third-order valence-electron chi connectivity index (χ3n) is 7.65. The minimum absolute atomic E-state index is 0.0586. The van der Waals surface area contributed by atoms with Crippen LogP contribution >= 0.6 is 0 Å². The van der Waals surface area contributed by atoms with Crippen LogP contribution in [0.15, 0.2) is 55.0 Å². The topological polar surface area (TPSA) is 135 Å². The van der Waals surface area contributed by atoms with E-state index < -0.39 is 23.8 Å². The van der Waals surface area contributed by atoms with E-state index in [1.165, 1.54) is 23.4 Å². The number of halogens is 1. The summed E-state index contributed by atoms with van der Waals surface area (Å²) in [6.45, 7) is 9.31. The molecule has 1 atom stereocenters. The van der Waals surface area contributed by atoms with E-state index in [9.17, 15) is 14.0 Å². The monoisotopic (exact) mass is 632 g/mol. The van der Waals surface area contributed by atoms with Crippen molar-refractivity contribution in [3.05, 3.63) is 77.5 Å². The molecular weight excluding hydrogens is 595 g/mol. The predicted octanol–water partition coefficient (Wildman–Crippen LogP) is 5.13. The van der Waals surface area contributed by atoms with Crippen LogP contribution in [0.4, 0.5) is 36.9 Å². The van der Waals surface area contributed by atoms with Crippen LogP contribution < -0.4 is 21.1 Å². The van der Waals surface area contributed by atoms with Gasteiger partial charge in [-0.1, -0.05) is 12.1 Å². The molecule has 14 heteroatoms. The van der Waals surface area contributed by atoms with Crippen molar-refractivity contribution < 1.29 is 28.2 Å². The number of fused-ring (bicyclic) bond motifs is 2. The zero-order chi connectivity index (χ0) is 32.4. The Hall–Kier alpha value is -4.95. The van der Waals surface area contributed by atoms with Gasteiger partial charge in [-0.15, -0.1) is 0 Å². The van der Waals surface area contributed by atoms with E-state index in [-0.39, 0.29) is 19.0 Å². The lowest BCUT2D eigenvalue weighted by Crippen LogP contribution is -2.52. The van der Waals surface area contributed by atoms with Gasteiger partial charge in [-0.05, 0) is 69.2 Å². The number of anilines is 4. The number of nitrogens with zero attached hydrogens (tertiary/aromatic N) is 5. The van der Waals surface area contributed by atoms with Crippen LogP contribution in [-0.4, -0.2) is 69.7 Å². The standard InChI is InChI=1S/C32H37FN8O5/c1-20-26(38-30(42)45-18-25-17-44-11-10-39(25)31(43)46-32(2,3)4)16-41-28(20)29(34-19-36-41)37-24-8-9-27-22(13-24)14-35-40(27)15-21-6-5-7-23(33)12-21/h5-9,12-13,16,19,25,35H,10-11,14-15,17-18H2,1-4H3,(H,38,42)(H,34,36,37)/t25-/m0/s1. The van der Waals surface area contributed by atoms with Gasteiger partial charge in [0.2, 0.25) is 0 Å². The number of rotatable bonds is 7. The van der Waals surface area contributed by atoms with Crippen molar-refractivity contribution >= 4 is 40.6 Å². The van der Waals surface area contributed by atoms with E-state index >= 15 is 0 Å². The predicted molar refractivity (Wildman–Crippen MR) is 169 cm³/mol. The van der Waals surface area contributed by atoms with Gasteiger partial charge in [0.1, 0.15) is 29.9 Å². The molecular formula is C32H37FN8O5. The lowest BCUT2D eigenvalue weighted by Gasteiger charge is -2.36. The maximum absolute atomic E-state index is 13.7. The number of ether oxygens (including phenoxy) is 3. The smallest absolute Gasteiger partial charge is 0.411 e. The Labute approximate surface area is 265 Å². The third-order valence-corrected chi connectivity index (χ3v) is 7.65. The quantitative estimate of drug-likeness (QED) is 0.252. The molecule has 1 saturated heterocycles. The number of benzene rings is 2. The first-order valence-electron chi connectivity index (χ1n) is 15.0. The van der Waals surface area contributed by atoms with Gasteiger partial charge in [-0.3, -0.25) is 10.2 Å². The minimum atomic E-state index is -0.676. The fraction of sp³-hybridized carbons (Fsp3) is 0.375. The molecule has 0 bridgehead atoms. The van der Waals surface area contributed by atoms with Gasteiger partial charge in [-0.25, -0.2) is 28.9 Å². The highest BCUT2D eigenvalue weighted by Crippen LogP contribution is 2.32. The number of hydrogen-bond acceptors (Lipinski definition) is 10. The van der Waals surface area contributed by atoms with Crippen LogP contribution in [0, 0.1) is 12.7 Å². The van der Waals surface area contributed by atoms with Gasteiger partial charge in [-0.2, -0.15) is 5.10 Å². The van der Waals surface area contributed by atoms with Gasteiger partial charge >= 0.3 is 12.2 Å². The Morgan fingerprint density at radius 3 is 2.85 bits per heavy atom. The molecule has 0 radical (unpaired) electrons. The van der Waals surface area contributed by atoms with Gasteiger partial charge in [0.15, 0.2) is 5.82 Å². The molecule has 4 heterocycles. The SMILES string of the molecule is Cc1c(NC(=O)OC[C@@H]2COCCN2C(=O)OC(C)(C)C)cn2ncnc(Nc3ccc4c(c3)CNN4Cc3cccc(F)c3)c12. The van der Waals surface area contributed by atoms with Gasteiger partial charge in [0, 0.05) is 24.3 Å². The van der Waals surface area contributed by atoms with Crippen molar-refractivity contribution in [3.63, 3.8) is 0 Å². The maximum atomic E-state index is 13.7. The molecule has 2 amide bonds. The minimum Gasteiger partial charge on any atom is -0.447 e. The van der Waals surface area contributed by atoms with E-state index in [0.717, 1.165) is 28.1 Å². The summed E-state index contributed by atoms with van der Waals surface area (Å²) >= 11 is 0. The normalized spacial score (nSPS) is 16.3. The first-order chi connectivity index (χ1) is 22.0. The van der Waals surface area contributed by atoms with E-state index in [2.05, 4.69) is 26.1 Å². The second kappa shape index (κ2) is 12.8. The summed E-state index contributed by atoms with van der Waals surface area (Å²) in [7, 11) is 0. The van der Waals surface area contributed by atoms with Crippen molar-refractivity contribution in [2.45, 2.75) is 52.4 Å². The second-order valence-electron chi connectivity index (χ2n) is 12.2. The highest BCUT2D eigenvalue weighted by molar-refractivity contribution is 5.90. The van der Waals surface area contributed by atoms with Crippen molar-refractivity contribution in [2.24, 2.45) is 0 Å². The number of morpholine rings is 1. The second-order valence-corrected chi connectivity index (χ2v) is 12.2. The summed E-state index contributed by atoms with van der Waals surface area (Å²) in [6, 6.07) is 12.1. The Morgan fingerprint density at radius 1 is 1.20 bits per heavy atom. The average Bonchev–Trinajstić information content (AvgIpc) is 3.55. The average molecular weight is 633 g/mol. The van der Waals surface area contributed by atoms with Crippen molar-refractivity contribution in [1.82, 2.24) is 24.9 Å². The largest absolute Gasteiger partial charge is 0.447 e. The van der Waals surface area contributed by atoms with E-state index in [0.29, 0.717) is 43.3 Å². The number of aryl methyl sites for hydroxylation is 1. The summed E-state index contributed by atoms with van der Waals surface area (Å²) in [4.78, 5) is 31.5. The molecule has 2 aliphatic rings. The van der Waals surface area contributed by atoms with Crippen LogP contribution in [0.2, 0.25) is 0 Å². The number of carbonyl (C=O) groups excluding carboxylic acids is 2. The number of hydrazine groups is 1. The molecule has 0 saturated carbocycles. The molecule has 1 fully saturated rings. The Bertz CT molecular complexity index is 1760. The van der Waals surface area contributed by atoms with Crippen LogP contribution in [0.1, 0.15) is 37.5 Å². The molecule has 2 aromatic heterocycles. The first-order valence-corrected chi connectivity index (χ1v) is 15.0. The van der Waals surface area contributed by atoms with Crippen molar-refractivity contribution in [2.75, 3.05) is 42.0 Å². The van der Waals surface area contributed by atoms with E-state index in [4.69, 9.17) is 14.2 Å². The molecule has 2 aromatic carbocycles. The Kier molecular flexibility index (Phi) is 8.65. The molecule has 2 aliphatic heterocycles. The number of nitrogens with one attached hydrogen (secondary N) is 3. The molecule has 13 nitrogen and oxygen atoms in total. The highest BCUT2D eigenvalue weighted by atomic mass is 19.1. The van der Waals surface area contributed by atoms with Crippen LogP contribution in [-0.2, 0) is 27.3 Å². The summed E-state index contributed by atoms with van der Waals surface area (Å²) in [5.41, 5.74) is 8.43. The summed E-state index contributed by atoms with van der Waals surface area (Å²) < 4.78 is 31.8. The van der Waals surface area contributed by atoms with Gasteiger partial charge < -0.3 is 24.5 Å². The molecule has 4 aromatic rings. The van der Waals surface area contributed by atoms with Crippen LogP contribution in [0.25, 0.3) is 5.52 Å². The molecule has 0 spiro atoms. The van der Waals surface area contributed by atoms with Crippen molar-refractivity contribution in [3.8, 4) is 0 Å². The molecule has 3 N–H and O–H groups in total. The zero-order valence-electron chi connectivity index (χ0n) is 26.2. The maximum Gasteiger partial charge on any atom is 0.411 e. The third kappa shape index (κ3) is 6.97. The van der Waals surface area contributed by atoms with Crippen LogP contribution in [0.3, 0.4) is 0 Å². The van der Waals surface area contributed by atoms with Crippen molar-refractivity contribution in [1.29, 1.82) is 0 Å². The Balaban J connectivity index is 1.11. The number of aromatic nitrogens is 3. The molecule has 0 unspecified atom stereocenters. The Morgan fingerprint density at radius 2 is 2.04 bits per heavy atom. The lowest BCUT2D eigenvalue weighted by atomic mass is 10.1. The molecule has 6 rings (SSSR count). The van der Waals surface area contributed by atoms with Gasteiger partial charge in [0.05, 0.1) is 43.4 Å². The highest BCUT2D eigenvalue weighted by Gasteiger charge is 2.32. The zero-order valence-corrected chi connectivity index (χ0v) is 26.2. The molecule has 46 heavy (non-hydrogen) atoms.